The van der Waals surface area contributed by atoms with Gasteiger partial charge in [0.1, 0.15) is 5.84 Å². The Bertz CT molecular complexity index is 250. The van der Waals surface area contributed by atoms with Crippen LogP contribution in [0.25, 0.3) is 0 Å². The van der Waals surface area contributed by atoms with E-state index in [9.17, 15) is 0 Å². The molecule has 0 aromatic rings. The number of ether oxygens (including phenoxy) is 3. The van der Waals surface area contributed by atoms with Crippen LogP contribution in [0.3, 0.4) is 0 Å². The Balaban J connectivity index is 3.61. The Hall–Kier alpha value is -0.890. The summed E-state index contributed by atoms with van der Waals surface area (Å²) >= 11 is 0. The minimum Gasteiger partial charge on any atom is -0.409 e. The minimum absolute atomic E-state index is 0.253. The fourth-order valence-electron chi connectivity index (χ4n) is 1.58. The number of hydrogen-bond donors (Lipinski definition) is 2. The molecule has 7 nitrogen and oxygen atoms in total. The zero-order valence-corrected chi connectivity index (χ0v) is 12.9. The van der Waals surface area contributed by atoms with Crippen molar-refractivity contribution in [2.45, 2.75) is 26.3 Å². The number of nitrogens with zero attached hydrogens (tertiary/aromatic N) is 2. The van der Waals surface area contributed by atoms with Crippen molar-refractivity contribution in [2.75, 3.05) is 53.2 Å². The van der Waals surface area contributed by atoms with Crippen molar-refractivity contribution in [1.29, 1.82) is 0 Å². The van der Waals surface area contributed by atoms with Crippen molar-refractivity contribution < 1.29 is 19.4 Å². The summed E-state index contributed by atoms with van der Waals surface area (Å²) in [4.78, 5) is 2.23. The van der Waals surface area contributed by atoms with Crippen LogP contribution in [0.5, 0.6) is 0 Å². The zero-order valence-electron chi connectivity index (χ0n) is 12.9. The molecule has 0 unspecified atom stereocenters. The van der Waals surface area contributed by atoms with Crippen molar-refractivity contribution in [2.24, 2.45) is 10.9 Å². The van der Waals surface area contributed by atoms with Gasteiger partial charge >= 0.3 is 0 Å². The van der Waals surface area contributed by atoms with Gasteiger partial charge in [-0.25, -0.2) is 0 Å². The summed E-state index contributed by atoms with van der Waals surface area (Å²) in [5.41, 5.74) is 5.47. The van der Waals surface area contributed by atoms with Gasteiger partial charge in [0.15, 0.2) is 0 Å². The van der Waals surface area contributed by atoms with Gasteiger partial charge in [-0.3, -0.25) is 4.90 Å². The van der Waals surface area contributed by atoms with E-state index in [1.807, 2.05) is 0 Å². The first-order chi connectivity index (χ1) is 9.61. The van der Waals surface area contributed by atoms with E-state index in [1.165, 1.54) is 0 Å². The largest absolute Gasteiger partial charge is 0.409 e. The number of amidine groups is 1. The first kappa shape index (κ1) is 19.1. The van der Waals surface area contributed by atoms with E-state index in [0.29, 0.717) is 45.5 Å². The van der Waals surface area contributed by atoms with Crippen LogP contribution in [0.2, 0.25) is 0 Å². The van der Waals surface area contributed by atoms with E-state index >= 15 is 0 Å². The molecular formula is C13H29N3O4. The second-order valence-corrected chi connectivity index (χ2v) is 4.69. The highest BCUT2D eigenvalue weighted by atomic mass is 16.5. The molecule has 3 N–H and O–H groups in total. The summed E-state index contributed by atoms with van der Waals surface area (Å²) in [5.74, 6) is 0.253. The van der Waals surface area contributed by atoms with Crippen LogP contribution in [0.1, 0.15) is 20.3 Å². The molecule has 0 bridgehead atoms. The summed E-state index contributed by atoms with van der Waals surface area (Å²) < 4.78 is 15.7. The zero-order chi connectivity index (χ0) is 15.2. The molecule has 7 heteroatoms. The maximum Gasteiger partial charge on any atom is 0.140 e. The van der Waals surface area contributed by atoms with Gasteiger partial charge in [-0.15, -0.1) is 0 Å². The molecule has 0 aromatic heterocycles. The molecule has 0 amide bonds. The van der Waals surface area contributed by atoms with Gasteiger partial charge < -0.3 is 25.2 Å². The number of nitrogens with two attached hydrogens (primary N) is 1. The highest BCUT2D eigenvalue weighted by Gasteiger charge is 2.09. The van der Waals surface area contributed by atoms with Crippen molar-refractivity contribution in [3.8, 4) is 0 Å². The lowest BCUT2D eigenvalue weighted by molar-refractivity contribution is 0.0177. The number of hydrogen-bond acceptors (Lipinski definition) is 6. The van der Waals surface area contributed by atoms with E-state index in [2.05, 4.69) is 23.9 Å². The summed E-state index contributed by atoms with van der Waals surface area (Å²) in [7, 11) is 1.65. The molecule has 20 heavy (non-hydrogen) atoms. The fourth-order valence-corrected chi connectivity index (χ4v) is 1.58. The van der Waals surface area contributed by atoms with Crippen LogP contribution >= 0.6 is 0 Å². The second kappa shape index (κ2) is 13.1. The third kappa shape index (κ3) is 11.0. The average molecular weight is 291 g/mol. The minimum atomic E-state index is 0.253. The highest BCUT2D eigenvalue weighted by molar-refractivity contribution is 5.79. The summed E-state index contributed by atoms with van der Waals surface area (Å²) in [6.07, 6.45) is 0.550. The predicted octanol–water partition coefficient (Wildman–Crippen LogP) is 0.513. The van der Waals surface area contributed by atoms with Crippen LogP contribution in [-0.4, -0.2) is 75.2 Å². The molecule has 0 radical (unpaired) electrons. The molecule has 0 aliphatic rings. The first-order valence-electron chi connectivity index (χ1n) is 6.96. The molecule has 0 aliphatic carbocycles. The van der Waals surface area contributed by atoms with Gasteiger partial charge in [-0.05, 0) is 13.8 Å². The second-order valence-electron chi connectivity index (χ2n) is 4.69. The van der Waals surface area contributed by atoms with Crippen molar-refractivity contribution in [1.82, 2.24) is 4.90 Å². The number of methoxy groups -OCH3 is 1. The van der Waals surface area contributed by atoms with Gasteiger partial charge in [0.2, 0.25) is 0 Å². The maximum absolute atomic E-state index is 8.52. The lowest BCUT2D eigenvalue weighted by Gasteiger charge is -2.26. The third-order valence-corrected chi connectivity index (χ3v) is 2.84. The molecule has 120 valence electrons. The van der Waals surface area contributed by atoms with Gasteiger partial charge in [0.25, 0.3) is 0 Å². The molecular weight excluding hydrogens is 262 g/mol. The van der Waals surface area contributed by atoms with Crippen molar-refractivity contribution >= 4 is 5.84 Å². The molecule has 0 aliphatic heterocycles. The standard InChI is InChI=1S/C13H29N3O4/c1-12(2)16(5-4-13(14)15-17)6-7-19-10-11-20-9-8-18-3/h12,17H,4-11H2,1-3H3,(H2,14,15). The molecule has 0 saturated carbocycles. The summed E-state index contributed by atoms with van der Waals surface area (Å²) in [6.45, 7) is 8.79. The van der Waals surface area contributed by atoms with E-state index in [1.54, 1.807) is 7.11 Å². The smallest absolute Gasteiger partial charge is 0.140 e. The van der Waals surface area contributed by atoms with E-state index in [4.69, 9.17) is 25.2 Å². The Morgan fingerprint density at radius 3 is 2.25 bits per heavy atom. The SMILES string of the molecule is COCCOCCOCCN(CCC(N)=NO)C(C)C. The normalized spacial score (nSPS) is 12.6. The lowest BCUT2D eigenvalue weighted by atomic mass is 10.2. The molecule has 0 spiro atoms. The maximum atomic E-state index is 8.52. The summed E-state index contributed by atoms with van der Waals surface area (Å²) in [6, 6.07) is 0.392. The van der Waals surface area contributed by atoms with Crippen molar-refractivity contribution in [3.05, 3.63) is 0 Å². The van der Waals surface area contributed by atoms with Crippen LogP contribution < -0.4 is 5.73 Å². The Morgan fingerprint density at radius 1 is 1.10 bits per heavy atom. The monoisotopic (exact) mass is 291 g/mol. The topological polar surface area (TPSA) is 89.5 Å². The third-order valence-electron chi connectivity index (χ3n) is 2.84. The van der Waals surface area contributed by atoms with Gasteiger partial charge in [0, 0.05) is 32.7 Å². The van der Waals surface area contributed by atoms with Crippen molar-refractivity contribution in [3.63, 3.8) is 0 Å². The molecule has 0 heterocycles. The molecule has 0 aromatic carbocycles. The molecule has 0 saturated heterocycles. The van der Waals surface area contributed by atoms with Gasteiger partial charge in [-0.1, -0.05) is 5.16 Å². The van der Waals surface area contributed by atoms with Crippen LogP contribution in [-0.2, 0) is 14.2 Å². The lowest BCUT2D eigenvalue weighted by Crippen LogP contribution is -2.36. The van der Waals surface area contributed by atoms with Crippen LogP contribution in [0.4, 0.5) is 0 Å². The first-order valence-corrected chi connectivity index (χ1v) is 6.96. The van der Waals surface area contributed by atoms with Crippen LogP contribution in [0.15, 0.2) is 5.16 Å². The van der Waals surface area contributed by atoms with Crippen LogP contribution in [0, 0.1) is 0 Å². The molecule has 0 rings (SSSR count). The quantitative estimate of drug-likeness (QED) is 0.169. The summed E-state index contributed by atoms with van der Waals surface area (Å²) in [5, 5.41) is 11.5. The van der Waals surface area contributed by atoms with Gasteiger partial charge in [0.05, 0.1) is 33.0 Å². The predicted molar refractivity (Wildman–Crippen MR) is 78.2 cm³/mol. The fraction of sp³-hybridized carbons (Fsp3) is 0.923. The molecule has 0 atom stereocenters. The average Bonchev–Trinajstić information content (AvgIpc) is 2.44. The van der Waals surface area contributed by atoms with E-state index in [0.717, 1.165) is 13.1 Å². The Labute approximate surface area is 121 Å². The Kier molecular flexibility index (Phi) is 12.5. The van der Waals surface area contributed by atoms with E-state index < -0.39 is 0 Å². The van der Waals surface area contributed by atoms with Gasteiger partial charge in [-0.2, -0.15) is 0 Å². The Morgan fingerprint density at radius 2 is 1.70 bits per heavy atom. The molecule has 0 fully saturated rings. The number of rotatable bonds is 13. The van der Waals surface area contributed by atoms with E-state index in [-0.39, 0.29) is 5.84 Å². The highest BCUT2D eigenvalue weighted by Crippen LogP contribution is 1.99. The number of oxime groups is 1.